The molecule has 4 aliphatic rings. The number of pyridine rings is 2. The maximum atomic E-state index is 14.9. The summed E-state index contributed by atoms with van der Waals surface area (Å²) in [5.74, 6) is -1.68. The van der Waals surface area contributed by atoms with E-state index in [9.17, 15) is 37.2 Å². The number of halogens is 2. The first-order valence-corrected chi connectivity index (χ1v) is 27.6. The van der Waals surface area contributed by atoms with Crippen LogP contribution in [0.3, 0.4) is 0 Å². The molecular formula is C56H65F2N9O8S. The van der Waals surface area contributed by atoms with E-state index in [4.69, 9.17) is 9.47 Å². The van der Waals surface area contributed by atoms with Crippen LogP contribution in [0.15, 0.2) is 96.2 Å². The molecule has 0 radical (unpaired) electrons. The second kappa shape index (κ2) is 21.4. The molecule has 1 atom stereocenters. The molecule has 2 saturated heterocycles. The number of carbonyl (C=O) groups excluding carboxylic acids is 1. The van der Waals surface area contributed by atoms with Crippen molar-refractivity contribution in [3.05, 3.63) is 135 Å². The molecule has 5 heterocycles. The summed E-state index contributed by atoms with van der Waals surface area (Å²) in [5.41, 5.74) is 3.33. The van der Waals surface area contributed by atoms with Crippen molar-refractivity contribution in [3.8, 4) is 17.4 Å². The summed E-state index contributed by atoms with van der Waals surface area (Å²) in [4.78, 5) is 43.7. The predicted molar refractivity (Wildman–Crippen MR) is 284 cm³/mol. The number of hydrogen-bond acceptors (Lipinski definition) is 14. The first kappa shape index (κ1) is 52.7. The zero-order valence-electron chi connectivity index (χ0n) is 43.2. The van der Waals surface area contributed by atoms with Crippen molar-refractivity contribution >= 4 is 44.2 Å². The monoisotopic (exact) mass is 1060 g/mol. The molecule has 20 heteroatoms. The smallest absolute Gasteiger partial charge is 0.312 e. The lowest BCUT2D eigenvalue weighted by Gasteiger charge is -2.58. The molecule has 2 aliphatic carbocycles. The molecule has 0 bridgehead atoms. The SMILES string of the molecule is COc1nc2[nH]cc(F)c2cc1Oc1cc(N2CCC3(CC2)CC(N2CCN(Cc4ccc(F)cc4)C[C@H]2c2ccccc2C(C)C)C3)ccc1C(=O)NS(=O)(=O)c1cnc(NCC2CCC(C)(O)CC2)c([N+](=O)[O-])c1. The fourth-order valence-electron chi connectivity index (χ4n) is 11.9. The van der Waals surface area contributed by atoms with Gasteiger partial charge in [-0.05, 0) is 116 Å². The number of ether oxygens (including phenoxy) is 2. The first-order chi connectivity index (χ1) is 36.4. The summed E-state index contributed by atoms with van der Waals surface area (Å²) in [6.45, 7) is 11.5. The van der Waals surface area contributed by atoms with Crippen molar-refractivity contribution in [2.24, 2.45) is 11.3 Å². The molecule has 3 aromatic carbocycles. The van der Waals surface area contributed by atoms with Crippen molar-refractivity contribution < 1.29 is 41.5 Å². The number of sulfonamides is 1. The summed E-state index contributed by atoms with van der Waals surface area (Å²) in [5, 5.41) is 25.6. The molecule has 1 spiro atoms. The van der Waals surface area contributed by atoms with Crippen molar-refractivity contribution in [1.29, 1.82) is 0 Å². The van der Waals surface area contributed by atoms with E-state index in [2.05, 4.69) is 77.8 Å². The molecule has 402 valence electrons. The number of carbonyl (C=O) groups is 1. The van der Waals surface area contributed by atoms with Gasteiger partial charge in [-0.3, -0.25) is 24.7 Å². The number of amides is 1. The number of aliphatic hydroxyl groups is 1. The Balaban J connectivity index is 0.858. The molecular weight excluding hydrogens is 997 g/mol. The zero-order chi connectivity index (χ0) is 53.5. The van der Waals surface area contributed by atoms with Gasteiger partial charge in [0.25, 0.3) is 21.8 Å². The van der Waals surface area contributed by atoms with Gasteiger partial charge in [-0.1, -0.05) is 50.2 Å². The highest BCUT2D eigenvalue weighted by Gasteiger charge is 2.50. The molecule has 10 rings (SSSR count). The number of aromatic amines is 1. The summed E-state index contributed by atoms with van der Waals surface area (Å²) in [6, 6.07) is 23.3. The number of aromatic nitrogens is 3. The van der Waals surface area contributed by atoms with E-state index in [0.717, 1.165) is 75.9 Å². The van der Waals surface area contributed by atoms with Crippen LogP contribution in [-0.4, -0.2) is 107 Å². The molecule has 4 fully saturated rings. The number of methoxy groups -OCH3 is 1. The van der Waals surface area contributed by atoms with E-state index in [-0.39, 0.29) is 63.0 Å². The van der Waals surface area contributed by atoms with Crippen LogP contribution < -0.4 is 24.4 Å². The highest BCUT2D eigenvalue weighted by molar-refractivity contribution is 7.90. The van der Waals surface area contributed by atoms with Gasteiger partial charge in [0.1, 0.15) is 27.9 Å². The van der Waals surface area contributed by atoms with Crippen LogP contribution in [0.4, 0.5) is 26.0 Å². The minimum atomic E-state index is -4.75. The molecule has 4 N–H and O–H groups in total. The van der Waals surface area contributed by atoms with Gasteiger partial charge in [0.15, 0.2) is 5.75 Å². The second-order valence-corrected chi connectivity index (χ2v) is 23.5. The van der Waals surface area contributed by atoms with Crippen molar-refractivity contribution in [1.82, 2.24) is 29.5 Å². The topological polar surface area (TPSA) is 208 Å². The number of hydrogen-bond donors (Lipinski definition) is 4. The number of anilines is 2. The zero-order valence-corrected chi connectivity index (χ0v) is 44.0. The number of nitro groups is 1. The molecule has 1 amide bonds. The molecule has 6 aromatic rings. The van der Waals surface area contributed by atoms with Crippen LogP contribution in [0.25, 0.3) is 11.0 Å². The van der Waals surface area contributed by atoms with Gasteiger partial charge in [0, 0.05) is 88.0 Å². The van der Waals surface area contributed by atoms with Crippen LogP contribution >= 0.6 is 0 Å². The number of nitrogens with zero attached hydrogens (tertiary/aromatic N) is 6. The fourth-order valence-corrected chi connectivity index (χ4v) is 12.8. The number of piperazine rings is 1. The summed E-state index contributed by atoms with van der Waals surface area (Å²) in [6.07, 6.45) is 8.67. The molecule has 0 unspecified atom stereocenters. The van der Waals surface area contributed by atoms with Crippen LogP contribution in [0.2, 0.25) is 0 Å². The lowest BCUT2D eigenvalue weighted by Crippen LogP contribution is -2.60. The van der Waals surface area contributed by atoms with E-state index in [0.29, 0.717) is 63.0 Å². The predicted octanol–water partition coefficient (Wildman–Crippen LogP) is 9.85. The lowest BCUT2D eigenvalue weighted by atomic mass is 9.59. The highest BCUT2D eigenvalue weighted by atomic mass is 32.2. The minimum absolute atomic E-state index is 0.0233. The van der Waals surface area contributed by atoms with Gasteiger partial charge < -0.3 is 29.8 Å². The summed E-state index contributed by atoms with van der Waals surface area (Å²) >= 11 is 0. The van der Waals surface area contributed by atoms with Gasteiger partial charge in [0.05, 0.1) is 34.8 Å². The average molecular weight is 1060 g/mol. The Morgan fingerprint density at radius 1 is 0.974 bits per heavy atom. The molecule has 3 aromatic heterocycles. The average Bonchev–Trinajstić information content (AvgIpc) is 3.78. The molecule has 2 saturated carbocycles. The summed E-state index contributed by atoms with van der Waals surface area (Å²) < 4.78 is 70.4. The number of fused-ring (bicyclic) bond motifs is 1. The minimum Gasteiger partial charge on any atom is -0.478 e. The highest BCUT2D eigenvalue weighted by Crippen LogP contribution is 2.53. The van der Waals surface area contributed by atoms with Crippen molar-refractivity contribution in [2.45, 2.75) is 107 Å². The Kier molecular flexibility index (Phi) is 14.8. The number of H-pyrrole nitrogens is 1. The van der Waals surface area contributed by atoms with Crippen LogP contribution in [0.1, 0.15) is 111 Å². The van der Waals surface area contributed by atoms with Crippen molar-refractivity contribution in [3.63, 3.8) is 0 Å². The Labute approximate surface area is 441 Å². The largest absolute Gasteiger partial charge is 0.478 e. The van der Waals surface area contributed by atoms with Crippen molar-refractivity contribution in [2.75, 3.05) is 56.6 Å². The maximum absolute atomic E-state index is 14.9. The quantitative estimate of drug-likeness (QED) is 0.0526. The van der Waals surface area contributed by atoms with Gasteiger partial charge in [-0.15, -0.1) is 0 Å². The number of rotatable bonds is 16. The number of piperidine rings is 1. The lowest BCUT2D eigenvalue weighted by molar-refractivity contribution is -0.384. The van der Waals surface area contributed by atoms with Crippen LogP contribution in [-0.2, 0) is 16.6 Å². The van der Waals surface area contributed by atoms with Gasteiger partial charge in [-0.25, -0.2) is 26.9 Å². The van der Waals surface area contributed by atoms with E-state index >= 15 is 0 Å². The van der Waals surface area contributed by atoms with Gasteiger partial charge >= 0.3 is 5.69 Å². The Bertz CT molecular complexity index is 3220. The third-order valence-electron chi connectivity index (χ3n) is 16.3. The van der Waals surface area contributed by atoms with E-state index in [1.807, 2.05) is 12.1 Å². The maximum Gasteiger partial charge on any atom is 0.312 e. The number of nitrogens with one attached hydrogen (secondary N) is 3. The third kappa shape index (κ3) is 11.2. The van der Waals surface area contributed by atoms with E-state index < -0.39 is 42.9 Å². The second-order valence-electron chi connectivity index (χ2n) is 21.8. The molecule has 76 heavy (non-hydrogen) atoms. The van der Waals surface area contributed by atoms with Gasteiger partial charge in [-0.2, -0.15) is 4.98 Å². The molecule has 17 nitrogen and oxygen atoms in total. The third-order valence-corrected chi connectivity index (χ3v) is 17.6. The van der Waals surface area contributed by atoms with Gasteiger partial charge in [0.2, 0.25) is 5.82 Å². The Morgan fingerprint density at radius 3 is 2.42 bits per heavy atom. The van der Waals surface area contributed by atoms with Crippen LogP contribution in [0, 0.1) is 33.1 Å². The Morgan fingerprint density at radius 2 is 1.71 bits per heavy atom. The van der Waals surface area contributed by atoms with E-state index in [1.165, 1.54) is 42.5 Å². The number of benzene rings is 3. The Hall–Kier alpha value is -6.74. The summed E-state index contributed by atoms with van der Waals surface area (Å²) in [7, 11) is -3.39. The van der Waals surface area contributed by atoms with Crippen LogP contribution in [0.5, 0.6) is 17.4 Å². The first-order valence-electron chi connectivity index (χ1n) is 26.1. The normalized spacial score (nSPS) is 21.4. The standard InChI is InChI=1S/C56H65F2N9O8S/c1-35(2)42-7-5-6-8-43(42)48-34-64(33-37-9-11-38(57)12-10-37)23-24-66(48)40-28-56(29-40)19-21-65(22-20-56)39-13-14-44(49(25-39)75-50-27-45-46(58)32-61-51(45)62-54(50)74-4)53(68)63-76(72,73)41-26-47(67(70)71)52(60-31-41)59-30-36-15-17-55(3,69)18-16-36/h5-14,25-27,31-32,35-36,40,48,69H,15-24,28-30,33-34H2,1-4H3,(H,59,60)(H,61,62)(H,63,68)/t36?,48-,55?/m0/s1. The fraction of sp³-hybridized carbons (Fsp3) is 0.446. The van der Waals surface area contributed by atoms with E-state index in [1.54, 1.807) is 19.1 Å². The molecule has 2 aliphatic heterocycles.